The molecule has 0 unspecified atom stereocenters. The minimum absolute atomic E-state index is 0.0986. The smallest absolute Gasteiger partial charge is 0.446 e. The monoisotopic (exact) mass is 382 g/mol. The molecule has 11 heteroatoms. The van der Waals surface area contributed by atoms with Crippen molar-refractivity contribution in [1.82, 2.24) is 4.57 Å². The Hall–Kier alpha value is -1.88. The van der Waals surface area contributed by atoms with Crippen molar-refractivity contribution in [3.8, 4) is 0 Å². The van der Waals surface area contributed by atoms with Crippen molar-refractivity contribution in [3.63, 3.8) is 0 Å². The number of aliphatic carboxylic acids is 1. The van der Waals surface area contributed by atoms with Gasteiger partial charge in [0.2, 0.25) is 10.0 Å². The first kappa shape index (κ1) is 18.5. The van der Waals surface area contributed by atoms with E-state index in [1.165, 1.54) is 29.7 Å². The molecule has 2 rings (SSSR count). The van der Waals surface area contributed by atoms with Crippen LogP contribution >= 0.6 is 11.8 Å². The number of nitrogens with one attached hydrogen (secondary N) is 1. The summed E-state index contributed by atoms with van der Waals surface area (Å²) in [7, 11) is -3.60. The summed E-state index contributed by atoms with van der Waals surface area (Å²) in [6, 6.07) is 4.01. The van der Waals surface area contributed by atoms with Gasteiger partial charge in [0.1, 0.15) is 6.54 Å². The Morgan fingerprint density at radius 2 is 2.00 bits per heavy atom. The summed E-state index contributed by atoms with van der Waals surface area (Å²) in [5, 5.41) is 9.09. The summed E-state index contributed by atoms with van der Waals surface area (Å²) in [6.07, 6.45) is 0.920. The molecule has 0 aliphatic rings. The third kappa shape index (κ3) is 4.35. The van der Waals surface area contributed by atoms with Crippen LogP contribution < -0.4 is 4.72 Å². The standard InChI is InChI=1S/C13H13F3N2O4S2/c1-7-12(23-13(14,15)16)9-5-8(17-24(2,21)22)3-4-10(9)18(7)6-11(19)20/h3-5,17H,6H2,1-2H3,(H,19,20). The number of hydrogen-bond acceptors (Lipinski definition) is 4. The number of halogens is 3. The van der Waals surface area contributed by atoms with Crippen LogP contribution in [0.4, 0.5) is 18.9 Å². The molecule has 0 radical (unpaired) electrons. The molecule has 0 amide bonds. The molecular weight excluding hydrogens is 369 g/mol. The Balaban J connectivity index is 2.68. The number of fused-ring (bicyclic) bond motifs is 1. The van der Waals surface area contributed by atoms with Crippen LogP contribution in [0.15, 0.2) is 23.1 Å². The van der Waals surface area contributed by atoms with E-state index >= 15 is 0 Å². The molecule has 0 aliphatic heterocycles. The molecule has 0 saturated carbocycles. The predicted molar refractivity (Wildman–Crippen MR) is 84.7 cm³/mol. The molecule has 2 aromatic rings. The average molecular weight is 382 g/mol. The molecule has 0 atom stereocenters. The highest BCUT2D eigenvalue weighted by atomic mass is 32.2. The van der Waals surface area contributed by atoms with Gasteiger partial charge < -0.3 is 9.67 Å². The van der Waals surface area contributed by atoms with Crippen molar-refractivity contribution in [3.05, 3.63) is 23.9 Å². The Kier molecular flexibility index (Phi) is 4.77. The maximum Gasteiger partial charge on any atom is 0.446 e. The fourth-order valence-electron chi connectivity index (χ4n) is 2.31. The average Bonchev–Trinajstić information content (AvgIpc) is 2.60. The lowest BCUT2D eigenvalue weighted by Crippen LogP contribution is -2.10. The van der Waals surface area contributed by atoms with Gasteiger partial charge in [0.25, 0.3) is 0 Å². The minimum atomic E-state index is -4.56. The number of benzene rings is 1. The van der Waals surface area contributed by atoms with E-state index in [2.05, 4.69) is 4.72 Å². The fraction of sp³-hybridized carbons (Fsp3) is 0.308. The zero-order chi connectivity index (χ0) is 18.3. The summed E-state index contributed by atoms with van der Waals surface area (Å²) in [5.74, 6) is -1.20. The van der Waals surface area contributed by atoms with Crippen LogP contribution in [0.25, 0.3) is 10.9 Å². The van der Waals surface area contributed by atoms with Gasteiger partial charge in [-0.15, -0.1) is 0 Å². The Labute approximate surface area is 139 Å². The summed E-state index contributed by atoms with van der Waals surface area (Å²) in [5.41, 5.74) is -4.04. The zero-order valence-electron chi connectivity index (χ0n) is 12.5. The molecule has 0 spiro atoms. The molecular formula is C13H13F3N2O4S2. The van der Waals surface area contributed by atoms with Gasteiger partial charge in [-0.25, -0.2) is 8.42 Å². The molecule has 132 valence electrons. The van der Waals surface area contributed by atoms with Crippen LogP contribution in [0, 0.1) is 6.92 Å². The van der Waals surface area contributed by atoms with E-state index in [1.807, 2.05) is 0 Å². The van der Waals surface area contributed by atoms with Crippen LogP contribution in [0.5, 0.6) is 0 Å². The molecule has 2 N–H and O–H groups in total. The van der Waals surface area contributed by atoms with Gasteiger partial charge in [0.05, 0.1) is 11.8 Å². The van der Waals surface area contributed by atoms with E-state index in [-0.39, 0.29) is 38.9 Å². The minimum Gasteiger partial charge on any atom is -0.480 e. The van der Waals surface area contributed by atoms with E-state index in [1.54, 1.807) is 0 Å². The second-order valence-corrected chi connectivity index (χ2v) is 7.87. The number of rotatable bonds is 5. The van der Waals surface area contributed by atoms with Gasteiger partial charge in [0, 0.05) is 21.7 Å². The lowest BCUT2D eigenvalue weighted by molar-refractivity contribution is -0.137. The summed E-state index contributed by atoms with van der Waals surface area (Å²) in [6.45, 7) is 0.889. The Morgan fingerprint density at radius 1 is 1.38 bits per heavy atom. The first-order valence-electron chi connectivity index (χ1n) is 6.45. The van der Waals surface area contributed by atoms with E-state index in [0.29, 0.717) is 0 Å². The molecule has 1 aromatic heterocycles. The number of carboxylic acid groups (broad SMARTS) is 1. The molecule has 1 heterocycles. The molecule has 0 saturated heterocycles. The van der Waals surface area contributed by atoms with Gasteiger partial charge in [-0.05, 0) is 36.9 Å². The number of aromatic nitrogens is 1. The Bertz CT molecular complexity index is 904. The molecule has 0 aliphatic carbocycles. The van der Waals surface area contributed by atoms with Gasteiger partial charge in [-0.3, -0.25) is 9.52 Å². The lowest BCUT2D eigenvalue weighted by atomic mass is 10.2. The topological polar surface area (TPSA) is 88.4 Å². The van der Waals surface area contributed by atoms with Gasteiger partial charge in [-0.2, -0.15) is 13.2 Å². The van der Waals surface area contributed by atoms with Crippen molar-refractivity contribution in [2.45, 2.75) is 23.9 Å². The second-order valence-electron chi connectivity index (χ2n) is 5.05. The molecule has 0 fully saturated rings. The molecule has 1 aromatic carbocycles. The van der Waals surface area contributed by atoms with Gasteiger partial charge in [0.15, 0.2) is 0 Å². The van der Waals surface area contributed by atoms with Gasteiger partial charge >= 0.3 is 11.5 Å². The second kappa shape index (κ2) is 6.20. The summed E-state index contributed by atoms with van der Waals surface area (Å²) in [4.78, 5) is 10.8. The molecule has 24 heavy (non-hydrogen) atoms. The van der Waals surface area contributed by atoms with Gasteiger partial charge in [-0.1, -0.05) is 0 Å². The number of anilines is 1. The van der Waals surface area contributed by atoms with E-state index in [0.717, 1.165) is 6.26 Å². The van der Waals surface area contributed by atoms with E-state index in [9.17, 15) is 26.4 Å². The largest absolute Gasteiger partial charge is 0.480 e. The SMILES string of the molecule is Cc1c(SC(F)(F)F)c2cc(NS(C)(=O)=O)ccc2n1CC(=O)O. The molecule has 6 nitrogen and oxygen atoms in total. The van der Waals surface area contributed by atoms with Crippen LogP contribution in [0.3, 0.4) is 0 Å². The highest BCUT2D eigenvalue weighted by Gasteiger charge is 2.32. The maximum absolute atomic E-state index is 12.8. The van der Waals surface area contributed by atoms with Crippen molar-refractivity contribution < 1.29 is 31.5 Å². The highest BCUT2D eigenvalue weighted by Crippen LogP contribution is 2.44. The van der Waals surface area contributed by atoms with Crippen LogP contribution in [0.2, 0.25) is 0 Å². The van der Waals surface area contributed by atoms with Crippen molar-refractivity contribution in [2.24, 2.45) is 0 Å². The summed E-state index contributed by atoms with van der Waals surface area (Å²) < 4.78 is 64.5. The maximum atomic E-state index is 12.8. The third-order valence-electron chi connectivity index (χ3n) is 3.08. The number of hydrogen-bond donors (Lipinski definition) is 2. The number of carbonyl (C=O) groups is 1. The lowest BCUT2D eigenvalue weighted by Gasteiger charge is -2.07. The third-order valence-corrected chi connectivity index (χ3v) is 4.64. The normalized spacial score (nSPS) is 12.5. The fourth-order valence-corrected chi connectivity index (χ4v) is 3.63. The number of alkyl halides is 3. The van der Waals surface area contributed by atoms with Crippen LogP contribution in [-0.2, 0) is 21.4 Å². The molecule has 0 bridgehead atoms. The van der Waals surface area contributed by atoms with E-state index in [4.69, 9.17) is 5.11 Å². The first-order chi connectivity index (χ1) is 10.9. The van der Waals surface area contributed by atoms with Crippen molar-refractivity contribution in [1.29, 1.82) is 0 Å². The van der Waals surface area contributed by atoms with E-state index < -0.39 is 28.0 Å². The van der Waals surface area contributed by atoms with Crippen molar-refractivity contribution >= 4 is 44.3 Å². The predicted octanol–water partition coefficient (Wildman–Crippen LogP) is 3.02. The number of nitrogens with zero attached hydrogens (tertiary/aromatic N) is 1. The van der Waals surface area contributed by atoms with Crippen molar-refractivity contribution in [2.75, 3.05) is 11.0 Å². The number of thioether (sulfide) groups is 1. The number of sulfonamides is 1. The highest BCUT2D eigenvalue weighted by molar-refractivity contribution is 8.00. The van der Waals surface area contributed by atoms with Crippen LogP contribution in [-0.4, -0.2) is 35.8 Å². The first-order valence-corrected chi connectivity index (χ1v) is 9.16. The Morgan fingerprint density at radius 3 is 2.50 bits per heavy atom. The van der Waals surface area contributed by atoms with Crippen LogP contribution in [0.1, 0.15) is 5.69 Å². The zero-order valence-corrected chi connectivity index (χ0v) is 14.1. The quantitative estimate of drug-likeness (QED) is 0.776. The summed E-state index contributed by atoms with van der Waals surface area (Å²) >= 11 is -0.360. The number of carboxylic acids is 1.